The Kier molecular flexibility index (Phi) is 52.5. The number of carbonyl (C=O) groups excluding carboxylic acids is 2. The molecule has 0 aliphatic rings. The minimum absolute atomic E-state index is 0.0147. The van der Waals surface area contributed by atoms with Crippen molar-refractivity contribution in [2.75, 3.05) is 13.2 Å². The molecule has 0 saturated carbocycles. The van der Waals surface area contributed by atoms with Gasteiger partial charge in [-0.2, -0.15) is 0 Å². The second-order valence-corrected chi connectivity index (χ2v) is 20.0. The zero-order valence-electron chi connectivity index (χ0n) is 42.8. The van der Waals surface area contributed by atoms with Crippen LogP contribution in [0.3, 0.4) is 0 Å². The van der Waals surface area contributed by atoms with Gasteiger partial charge in [0.1, 0.15) is 0 Å². The summed E-state index contributed by atoms with van der Waals surface area (Å²) in [5.74, 6) is -0.0221. The third kappa shape index (κ3) is 50.1. The SMILES string of the molecule is CCCCCCCCCCCCCCCCCCC(=O)OCCCCCCCCCCCCCCCCCCCCCCC(=O)NC(CO)C(O)CCCCCCCCCCCC. The zero-order valence-corrected chi connectivity index (χ0v) is 42.8. The summed E-state index contributed by atoms with van der Waals surface area (Å²) in [5, 5.41) is 23.1. The highest BCUT2D eigenvalue weighted by molar-refractivity contribution is 5.76. The number of hydrogen-bond donors (Lipinski definition) is 3. The highest BCUT2D eigenvalue weighted by Crippen LogP contribution is 2.18. The molecule has 0 radical (unpaired) electrons. The van der Waals surface area contributed by atoms with E-state index in [0.717, 1.165) is 38.5 Å². The molecule has 0 saturated heterocycles. The van der Waals surface area contributed by atoms with Gasteiger partial charge in [-0.15, -0.1) is 0 Å². The molecule has 0 aromatic rings. The number of aliphatic hydroxyl groups is 2. The van der Waals surface area contributed by atoms with Gasteiger partial charge in [0.15, 0.2) is 0 Å². The van der Waals surface area contributed by atoms with E-state index >= 15 is 0 Å². The first kappa shape index (κ1) is 61.9. The van der Waals surface area contributed by atoms with Crippen molar-refractivity contribution in [1.29, 1.82) is 0 Å². The molecule has 0 aliphatic carbocycles. The minimum atomic E-state index is -0.662. The van der Waals surface area contributed by atoms with Crippen LogP contribution in [-0.2, 0) is 14.3 Å². The fourth-order valence-electron chi connectivity index (χ4n) is 9.23. The Morgan fingerprint density at radius 3 is 0.968 bits per heavy atom. The first-order chi connectivity index (χ1) is 31.0. The molecule has 6 heteroatoms. The molecule has 0 spiro atoms. The molecule has 6 nitrogen and oxygen atoms in total. The monoisotopic (exact) mass is 892 g/mol. The van der Waals surface area contributed by atoms with Gasteiger partial charge in [0, 0.05) is 12.8 Å². The highest BCUT2D eigenvalue weighted by atomic mass is 16.5. The van der Waals surface area contributed by atoms with Crippen molar-refractivity contribution >= 4 is 11.9 Å². The molecule has 0 rings (SSSR count). The van der Waals surface area contributed by atoms with Gasteiger partial charge in [0.05, 0.1) is 25.4 Å². The van der Waals surface area contributed by atoms with E-state index in [2.05, 4.69) is 19.2 Å². The normalized spacial score (nSPS) is 12.5. The van der Waals surface area contributed by atoms with Crippen LogP contribution in [0.1, 0.15) is 328 Å². The number of rotatable bonds is 54. The zero-order chi connectivity index (χ0) is 45.8. The second-order valence-electron chi connectivity index (χ2n) is 20.0. The van der Waals surface area contributed by atoms with Crippen LogP contribution in [0.25, 0.3) is 0 Å². The topological polar surface area (TPSA) is 95.9 Å². The maximum absolute atomic E-state index is 12.4. The Balaban J connectivity index is 3.34. The first-order valence-electron chi connectivity index (χ1n) is 28.8. The summed E-state index contributed by atoms with van der Waals surface area (Å²) in [6, 6.07) is -0.539. The van der Waals surface area contributed by atoms with Gasteiger partial charge < -0.3 is 20.3 Å². The number of hydrogen-bond acceptors (Lipinski definition) is 5. The molecular formula is C57H113NO5. The largest absolute Gasteiger partial charge is 0.466 e. The van der Waals surface area contributed by atoms with Gasteiger partial charge >= 0.3 is 5.97 Å². The van der Waals surface area contributed by atoms with Gasteiger partial charge in [0.25, 0.3) is 0 Å². The van der Waals surface area contributed by atoms with Crippen molar-refractivity contribution in [2.24, 2.45) is 0 Å². The summed E-state index contributed by atoms with van der Waals surface area (Å²) in [4.78, 5) is 24.5. The molecule has 0 bridgehead atoms. The van der Waals surface area contributed by atoms with E-state index in [1.807, 2.05) is 0 Å². The third-order valence-corrected chi connectivity index (χ3v) is 13.7. The number of esters is 1. The van der Waals surface area contributed by atoms with Crippen LogP contribution in [0.5, 0.6) is 0 Å². The second kappa shape index (κ2) is 53.5. The fourth-order valence-corrected chi connectivity index (χ4v) is 9.23. The predicted octanol–water partition coefficient (Wildman–Crippen LogP) is 17.5. The van der Waals surface area contributed by atoms with Crippen LogP contribution in [-0.4, -0.2) is 47.4 Å². The third-order valence-electron chi connectivity index (χ3n) is 13.7. The molecule has 376 valence electrons. The van der Waals surface area contributed by atoms with Crippen molar-refractivity contribution in [3.8, 4) is 0 Å². The van der Waals surface area contributed by atoms with Crippen LogP contribution >= 0.6 is 0 Å². The van der Waals surface area contributed by atoms with E-state index in [1.165, 1.54) is 257 Å². The summed E-state index contributed by atoms with van der Waals surface area (Å²) in [6.45, 7) is 4.96. The summed E-state index contributed by atoms with van der Waals surface area (Å²) >= 11 is 0. The molecule has 0 aromatic heterocycles. The van der Waals surface area contributed by atoms with Gasteiger partial charge in [0.2, 0.25) is 5.91 Å². The lowest BCUT2D eigenvalue weighted by molar-refractivity contribution is -0.143. The lowest BCUT2D eigenvalue weighted by Crippen LogP contribution is -2.45. The van der Waals surface area contributed by atoms with E-state index in [1.54, 1.807) is 0 Å². The van der Waals surface area contributed by atoms with E-state index in [9.17, 15) is 19.8 Å². The summed E-state index contributed by atoms with van der Waals surface area (Å²) < 4.78 is 5.49. The fraction of sp³-hybridized carbons (Fsp3) is 0.965. The van der Waals surface area contributed by atoms with Gasteiger partial charge in [-0.05, 0) is 25.7 Å². The standard InChI is InChI=1S/C57H113NO5/c1-3-5-7-9-11-13-15-16-17-25-28-31-35-39-43-47-51-57(62)63-52-48-44-40-36-32-29-26-23-21-19-18-20-22-24-27-30-34-38-42-46-50-56(61)58-54(53-59)55(60)49-45-41-37-33-14-12-10-8-6-4-2/h54-55,59-60H,3-53H2,1-2H3,(H,58,61). The molecule has 0 fully saturated rings. The van der Waals surface area contributed by atoms with Crippen LogP contribution in [0.4, 0.5) is 0 Å². The van der Waals surface area contributed by atoms with E-state index in [-0.39, 0.29) is 18.5 Å². The molecule has 63 heavy (non-hydrogen) atoms. The smallest absolute Gasteiger partial charge is 0.305 e. The van der Waals surface area contributed by atoms with Crippen molar-refractivity contribution in [1.82, 2.24) is 5.32 Å². The summed E-state index contributed by atoms with van der Waals surface area (Å²) in [5.41, 5.74) is 0. The minimum Gasteiger partial charge on any atom is -0.466 e. The quantitative estimate of drug-likeness (QED) is 0.0418. The molecule has 0 heterocycles. The van der Waals surface area contributed by atoms with E-state index in [0.29, 0.717) is 25.9 Å². The summed E-state index contributed by atoms with van der Waals surface area (Å²) in [6.07, 6.45) is 61.0. The molecule has 2 atom stereocenters. The Bertz CT molecular complexity index is 898. The lowest BCUT2D eigenvalue weighted by atomic mass is 10.0. The van der Waals surface area contributed by atoms with Crippen molar-refractivity contribution in [2.45, 2.75) is 341 Å². The lowest BCUT2D eigenvalue weighted by Gasteiger charge is -2.22. The Morgan fingerprint density at radius 1 is 0.381 bits per heavy atom. The highest BCUT2D eigenvalue weighted by Gasteiger charge is 2.20. The maximum Gasteiger partial charge on any atom is 0.305 e. The average molecular weight is 893 g/mol. The van der Waals surface area contributed by atoms with Crippen molar-refractivity contribution in [3.63, 3.8) is 0 Å². The summed E-state index contributed by atoms with van der Waals surface area (Å²) in [7, 11) is 0. The van der Waals surface area contributed by atoms with Crippen LogP contribution in [0.2, 0.25) is 0 Å². The van der Waals surface area contributed by atoms with Crippen LogP contribution in [0.15, 0.2) is 0 Å². The van der Waals surface area contributed by atoms with Crippen LogP contribution < -0.4 is 5.32 Å². The number of carbonyl (C=O) groups is 2. The van der Waals surface area contributed by atoms with Crippen molar-refractivity contribution in [3.05, 3.63) is 0 Å². The molecular weight excluding hydrogens is 779 g/mol. The Hall–Kier alpha value is -1.14. The molecule has 3 N–H and O–H groups in total. The number of unbranched alkanes of at least 4 members (excludes halogenated alkanes) is 43. The predicted molar refractivity (Wildman–Crippen MR) is 274 cm³/mol. The number of nitrogens with one attached hydrogen (secondary N) is 1. The van der Waals surface area contributed by atoms with Gasteiger partial charge in [-0.3, -0.25) is 9.59 Å². The molecule has 2 unspecified atom stereocenters. The molecule has 1 amide bonds. The van der Waals surface area contributed by atoms with E-state index < -0.39 is 12.1 Å². The number of amides is 1. The van der Waals surface area contributed by atoms with Crippen molar-refractivity contribution < 1.29 is 24.5 Å². The van der Waals surface area contributed by atoms with E-state index in [4.69, 9.17) is 4.74 Å². The maximum atomic E-state index is 12.4. The number of ether oxygens (including phenoxy) is 1. The first-order valence-corrected chi connectivity index (χ1v) is 28.8. The van der Waals surface area contributed by atoms with Gasteiger partial charge in [-0.25, -0.2) is 0 Å². The number of aliphatic hydroxyl groups excluding tert-OH is 2. The molecule has 0 aliphatic heterocycles. The Labute approximate surface area is 394 Å². The Morgan fingerprint density at radius 2 is 0.651 bits per heavy atom. The van der Waals surface area contributed by atoms with Gasteiger partial charge in [-0.1, -0.05) is 290 Å². The average Bonchev–Trinajstić information content (AvgIpc) is 3.28. The van der Waals surface area contributed by atoms with Crippen LogP contribution in [0, 0.1) is 0 Å². The molecule has 0 aromatic carbocycles.